The number of hydrogen-bond donors (Lipinski definition) is 3. The lowest BCUT2D eigenvalue weighted by Gasteiger charge is -2.39. The van der Waals surface area contributed by atoms with Gasteiger partial charge >= 0.3 is 10.3 Å². The van der Waals surface area contributed by atoms with Gasteiger partial charge in [0.25, 0.3) is 0 Å². The smallest absolute Gasteiger partial charge is 0.333 e. The highest BCUT2D eigenvalue weighted by Crippen LogP contribution is 2.49. The van der Waals surface area contributed by atoms with Crippen molar-refractivity contribution in [2.24, 2.45) is 17.0 Å². The van der Waals surface area contributed by atoms with E-state index in [1.54, 1.807) is 0 Å². The molecule has 0 spiro atoms. The fourth-order valence-corrected chi connectivity index (χ4v) is 7.51. The van der Waals surface area contributed by atoms with Gasteiger partial charge in [0.05, 0.1) is 28.8 Å². The topological polar surface area (TPSA) is 154 Å². The number of carbonyl (C=O) groups excluding carboxylic acids is 1. The summed E-state index contributed by atoms with van der Waals surface area (Å²) in [7, 11) is -4.08. The predicted octanol–water partition coefficient (Wildman–Crippen LogP) is 3.13. The molecule has 0 unspecified atom stereocenters. The van der Waals surface area contributed by atoms with Crippen LogP contribution in [0.2, 0.25) is 0 Å². The number of nitrogens with zero attached hydrogens (tertiary/aromatic N) is 2. The number of ketones is 1. The molecule has 4 N–H and O–H groups in total. The average molecular weight is 551 g/mol. The van der Waals surface area contributed by atoms with E-state index in [9.17, 15) is 18.3 Å². The van der Waals surface area contributed by atoms with Gasteiger partial charge in [0.15, 0.2) is 0 Å². The Labute approximate surface area is 221 Å². The molecule has 3 heterocycles. The Balaban J connectivity index is 1.31. The maximum atomic E-state index is 13.6. The van der Waals surface area contributed by atoms with Gasteiger partial charge in [-0.25, -0.2) is 15.1 Å². The average Bonchev–Trinajstić information content (AvgIpc) is 3.63. The van der Waals surface area contributed by atoms with Crippen LogP contribution >= 0.6 is 11.3 Å². The summed E-state index contributed by atoms with van der Waals surface area (Å²) in [5, 5.41) is 20.6. The number of aromatic nitrogens is 2. The molecule has 2 saturated carbocycles. The monoisotopic (exact) mass is 550 g/mol. The van der Waals surface area contributed by atoms with Crippen molar-refractivity contribution in [2.45, 2.75) is 75.5 Å². The molecule has 2 aromatic rings. The molecule has 37 heavy (non-hydrogen) atoms. The van der Waals surface area contributed by atoms with Crippen LogP contribution in [0, 0.1) is 11.8 Å². The van der Waals surface area contributed by atoms with E-state index in [0.717, 1.165) is 37.9 Å². The van der Waals surface area contributed by atoms with Crippen LogP contribution < -0.4 is 10.5 Å². The lowest BCUT2D eigenvalue weighted by molar-refractivity contribution is -0.0611. The van der Waals surface area contributed by atoms with Crippen molar-refractivity contribution < 1.29 is 27.2 Å². The lowest BCUT2D eigenvalue weighted by Crippen LogP contribution is -2.35. The molecular formula is C25H34N4O6S2. The zero-order valence-corrected chi connectivity index (χ0v) is 22.3. The van der Waals surface area contributed by atoms with Crippen molar-refractivity contribution in [2.75, 3.05) is 18.5 Å². The third-order valence-electron chi connectivity index (χ3n) is 8.03. The molecule has 5 rings (SSSR count). The van der Waals surface area contributed by atoms with E-state index >= 15 is 0 Å². The van der Waals surface area contributed by atoms with Crippen LogP contribution in [0.15, 0.2) is 24.0 Å². The second-order valence-corrected chi connectivity index (χ2v) is 12.5. The van der Waals surface area contributed by atoms with Crippen molar-refractivity contribution in [3.8, 4) is 0 Å². The molecule has 1 aliphatic heterocycles. The Bertz CT molecular complexity index is 1210. The molecule has 2 aliphatic carbocycles. The Morgan fingerprint density at radius 3 is 2.81 bits per heavy atom. The van der Waals surface area contributed by atoms with Gasteiger partial charge in [-0.2, -0.15) is 8.42 Å². The molecule has 10 nitrogen and oxygen atoms in total. The van der Waals surface area contributed by atoms with Gasteiger partial charge in [0, 0.05) is 24.8 Å². The molecule has 12 heteroatoms. The molecule has 202 valence electrons. The molecule has 3 aliphatic rings. The van der Waals surface area contributed by atoms with Gasteiger partial charge in [-0.05, 0) is 61.5 Å². The summed E-state index contributed by atoms with van der Waals surface area (Å²) in [6.45, 7) is 0.559. The normalized spacial score (nSPS) is 29.0. The number of rotatable bonds is 9. The van der Waals surface area contributed by atoms with Crippen LogP contribution in [0.25, 0.3) is 0 Å². The van der Waals surface area contributed by atoms with Crippen LogP contribution in [-0.4, -0.2) is 54.6 Å². The largest absolute Gasteiger partial charge is 0.393 e. The van der Waals surface area contributed by atoms with Crippen LogP contribution in [0.1, 0.15) is 78.6 Å². The van der Waals surface area contributed by atoms with Gasteiger partial charge in [0.2, 0.25) is 5.78 Å². The highest BCUT2D eigenvalue weighted by molar-refractivity contribution is 7.84. The highest BCUT2D eigenvalue weighted by Gasteiger charge is 2.45. The number of thiophene rings is 1. The van der Waals surface area contributed by atoms with E-state index in [0.29, 0.717) is 35.0 Å². The standard InChI is InChI=1S/C25H34N4O6S2/c26-37(32,33)35-13-16-9-19(11-21(16)30)29-24-20(12-27-15-28-24)23(31)22-10-18(14-36-22)25(7-4-8-34-25)17-5-2-1-3-6-17/h10,12,14-17,19,21,30H,1-9,11,13H2,(H2,26,32,33)(H,27,28,29)/t16-,19-,21+,25+/m1/s1. The Morgan fingerprint density at radius 2 is 2.08 bits per heavy atom. The van der Waals surface area contributed by atoms with Crippen molar-refractivity contribution in [1.82, 2.24) is 9.97 Å². The first-order valence-corrected chi connectivity index (χ1v) is 15.3. The third kappa shape index (κ3) is 5.89. The number of aliphatic hydroxyl groups excluding tert-OH is 1. The van der Waals surface area contributed by atoms with Gasteiger partial charge < -0.3 is 15.2 Å². The first-order valence-electron chi connectivity index (χ1n) is 12.9. The molecule has 0 amide bonds. The van der Waals surface area contributed by atoms with Gasteiger partial charge in [0.1, 0.15) is 12.1 Å². The fraction of sp³-hybridized carbons (Fsp3) is 0.640. The molecule has 0 bridgehead atoms. The maximum absolute atomic E-state index is 13.6. The summed E-state index contributed by atoms with van der Waals surface area (Å²) in [5.74, 6) is 0.306. The summed E-state index contributed by atoms with van der Waals surface area (Å²) >= 11 is 1.42. The van der Waals surface area contributed by atoms with Crippen LogP contribution in [0.5, 0.6) is 0 Å². The minimum atomic E-state index is -4.08. The first kappa shape index (κ1) is 26.6. The van der Waals surface area contributed by atoms with Gasteiger partial charge in [-0.1, -0.05) is 19.3 Å². The second-order valence-electron chi connectivity index (χ2n) is 10.4. The quantitative estimate of drug-likeness (QED) is 0.400. The Kier molecular flexibility index (Phi) is 7.94. The van der Waals surface area contributed by atoms with Crippen LogP contribution in [0.3, 0.4) is 0 Å². The number of anilines is 1. The van der Waals surface area contributed by atoms with Crippen molar-refractivity contribution in [3.63, 3.8) is 0 Å². The summed E-state index contributed by atoms with van der Waals surface area (Å²) in [6, 6.07) is 1.77. The van der Waals surface area contributed by atoms with E-state index in [4.69, 9.17) is 9.88 Å². The molecule has 0 radical (unpaired) electrons. The fourth-order valence-electron chi connectivity index (χ4n) is 6.21. The minimum Gasteiger partial charge on any atom is -0.393 e. The molecule has 0 aromatic carbocycles. The molecular weight excluding hydrogens is 516 g/mol. The first-order chi connectivity index (χ1) is 17.7. The van der Waals surface area contributed by atoms with Crippen molar-refractivity contribution >= 4 is 33.2 Å². The van der Waals surface area contributed by atoms with Crippen molar-refractivity contribution in [1.29, 1.82) is 0 Å². The molecule has 2 aromatic heterocycles. The van der Waals surface area contributed by atoms with E-state index in [1.165, 1.54) is 43.1 Å². The third-order valence-corrected chi connectivity index (χ3v) is 9.42. The summed E-state index contributed by atoms with van der Waals surface area (Å²) < 4.78 is 33.3. The minimum absolute atomic E-state index is 0.163. The van der Waals surface area contributed by atoms with Gasteiger partial charge in [-0.3, -0.25) is 8.98 Å². The lowest BCUT2D eigenvalue weighted by atomic mass is 9.72. The van der Waals surface area contributed by atoms with E-state index in [2.05, 4.69) is 24.8 Å². The van der Waals surface area contributed by atoms with E-state index in [1.807, 2.05) is 6.07 Å². The number of ether oxygens (including phenoxy) is 1. The number of carbonyl (C=O) groups is 1. The number of nitrogens with one attached hydrogen (secondary N) is 1. The van der Waals surface area contributed by atoms with Crippen molar-refractivity contribution in [3.05, 3.63) is 40.0 Å². The zero-order chi connectivity index (χ0) is 26.0. The molecule has 1 saturated heterocycles. The molecule has 3 fully saturated rings. The summed E-state index contributed by atoms with van der Waals surface area (Å²) in [4.78, 5) is 22.6. The van der Waals surface area contributed by atoms with Crippen LogP contribution in [-0.2, 0) is 24.8 Å². The Morgan fingerprint density at radius 1 is 1.27 bits per heavy atom. The van der Waals surface area contributed by atoms with E-state index in [-0.39, 0.29) is 24.0 Å². The summed E-state index contributed by atoms with van der Waals surface area (Å²) in [5.41, 5.74) is 1.17. The molecule has 4 atom stereocenters. The summed E-state index contributed by atoms with van der Waals surface area (Å²) in [6.07, 6.45) is 11.0. The number of nitrogens with two attached hydrogens (primary N) is 1. The van der Waals surface area contributed by atoms with E-state index < -0.39 is 22.3 Å². The zero-order valence-electron chi connectivity index (χ0n) is 20.7. The SMILES string of the molecule is NS(=O)(=O)OC[C@H]1C[C@@H](Nc2ncncc2C(=O)c2cc([C@@]3(C4CCCCC4)CCCO3)cs2)C[C@@H]1O. The number of aliphatic hydroxyl groups is 1. The second kappa shape index (κ2) is 11.0. The maximum Gasteiger partial charge on any atom is 0.333 e. The predicted molar refractivity (Wildman–Crippen MR) is 138 cm³/mol. The number of hydrogen-bond acceptors (Lipinski definition) is 10. The van der Waals surface area contributed by atoms with Gasteiger partial charge in [-0.15, -0.1) is 11.3 Å². The Hall–Kier alpha value is -1.96. The highest BCUT2D eigenvalue weighted by atomic mass is 32.2. The van der Waals surface area contributed by atoms with Crippen LogP contribution in [0.4, 0.5) is 5.82 Å².